The minimum atomic E-state index is -5.44. The molecule has 0 spiro atoms. The van der Waals surface area contributed by atoms with E-state index < -0.39 is 41.3 Å². The van der Waals surface area contributed by atoms with Crippen molar-refractivity contribution in [1.82, 2.24) is 5.32 Å². The maximum Gasteiger partial charge on any atom is 0.361 e. The fourth-order valence-electron chi connectivity index (χ4n) is 1.85. The molecule has 3 nitrogen and oxygen atoms in total. The lowest BCUT2D eigenvalue weighted by atomic mass is 9.82. The van der Waals surface area contributed by atoms with E-state index in [-0.39, 0.29) is 0 Å². The maximum absolute atomic E-state index is 14.3. The second-order valence-electron chi connectivity index (χ2n) is 4.32. The number of carbonyl (C=O) groups excluding carboxylic acids is 2. The van der Waals surface area contributed by atoms with Gasteiger partial charge < -0.3 is 5.32 Å². The highest BCUT2D eigenvalue weighted by Gasteiger charge is 2.79. The van der Waals surface area contributed by atoms with Crippen LogP contribution in [0.25, 0.3) is 0 Å². The van der Waals surface area contributed by atoms with E-state index in [0.29, 0.717) is 0 Å². The number of Topliss-reactive ketones (excluding diaryl/α,β-unsaturated/α-hetero) is 1. The molecule has 1 heterocycles. The van der Waals surface area contributed by atoms with Crippen molar-refractivity contribution in [2.45, 2.75) is 17.5 Å². The third-order valence-electron chi connectivity index (χ3n) is 3.02. The Labute approximate surface area is 109 Å². The highest BCUT2D eigenvalue weighted by atomic mass is 19.3. The van der Waals surface area contributed by atoms with Gasteiger partial charge in [-0.15, -0.1) is 0 Å². The van der Waals surface area contributed by atoms with Crippen LogP contribution < -0.4 is 5.32 Å². The van der Waals surface area contributed by atoms with Gasteiger partial charge in [0.15, 0.2) is 0 Å². The summed E-state index contributed by atoms with van der Waals surface area (Å²) in [6.07, 6.45) is 0. The highest BCUT2D eigenvalue weighted by Crippen LogP contribution is 2.48. The Kier molecular flexibility index (Phi) is 3.07. The molecule has 0 aliphatic carbocycles. The fourth-order valence-corrected chi connectivity index (χ4v) is 1.85. The first kappa shape index (κ1) is 14.4. The Morgan fingerprint density at radius 3 is 2.15 bits per heavy atom. The van der Waals surface area contributed by atoms with Gasteiger partial charge in [0.25, 0.3) is 5.91 Å². The van der Waals surface area contributed by atoms with Crippen molar-refractivity contribution in [2.24, 2.45) is 0 Å². The molecular weight excluding hydrogens is 285 g/mol. The van der Waals surface area contributed by atoms with E-state index in [4.69, 9.17) is 0 Å². The van der Waals surface area contributed by atoms with Gasteiger partial charge in [-0.2, -0.15) is 17.6 Å². The summed E-state index contributed by atoms with van der Waals surface area (Å²) in [7, 11) is 0. The average Bonchev–Trinajstić information content (AvgIpc) is 2.42. The predicted molar refractivity (Wildman–Crippen MR) is 57.5 cm³/mol. The average molecular weight is 293 g/mol. The molecule has 1 aromatic carbocycles. The van der Waals surface area contributed by atoms with E-state index in [9.17, 15) is 31.5 Å². The zero-order chi connectivity index (χ0) is 15.2. The summed E-state index contributed by atoms with van der Waals surface area (Å²) in [5.74, 6) is -14.4. The van der Waals surface area contributed by atoms with Gasteiger partial charge in [-0.3, -0.25) is 9.59 Å². The van der Waals surface area contributed by atoms with Crippen LogP contribution in [-0.2, 0) is 4.79 Å². The van der Waals surface area contributed by atoms with Crippen LogP contribution in [0.2, 0.25) is 0 Å². The highest BCUT2D eigenvalue weighted by molar-refractivity contribution is 6.18. The standard InChI is InChI=1S/C12H8F5NO2/c13-10(14)6-18-9(20)11(15,12(10,16)17)8(19)7-4-2-1-3-5-7/h1-5H,6H2,(H,18,20). The predicted octanol–water partition coefficient (Wildman–Crippen LogP) is 1.98. The lowest BCUT2D eigenvalue weighted by molar-refractivity contribution is -0.262. The first-order chi connectivity index (χ1) is 9.14. The maximum atomic E-state index is 14.3. The molecule has 0 aromatic heterocycles. The van der Waals surface area contributed by atoms with Crippen LogP contribution in [0.4, 0.5) is 22.0 Å². The largest absolute Gasteiger partial charge is 0.361 e. The van der Waals surface area contributed by atoms with Crippen LogP contribution in [-0.4, -0.2) is 35.7 Å². The molecule has 1 aliphatic heterocycles. The van der Waals surface area contributed by atoms with Gasteiger partial charge in [0.1, 0.15) is 0 Å². The number of rotatable bonds is 2. The quantitative estimate of drug-likeness (QED) is 0.515. The lowest BCUT2D eigenvalue weighted by Crippen LogP contribution is -2.73. The molecule has 1 saturated heterocycles. The molecule has 1 fully saturated rings. The van der Waals surface area contributed by atoms with E-state index >= 15 is 0 Å². The molecule has 1 unspecified atom stereocenters. The van der Waals surface area contributed by atoms with Crippen LogP contribution in [0.3, 0.4) is 0 Å². The van der Waals surface area contributed by atoms with Crippen LogP contribution in [0.5, 0.6) is 0 Å². The molecule has 1 N–H and O–H groups in total. The first-order valence-electron chi connectivity index (χ1n) is 5.47. The molecule has 0 radical (unpaired) electrons. The van der Waals surface area contributed by atoms with Gasteiger partial charge in [0.2, 0.25) is 5.78 Å². The second-order valence-corrected chi connectivity index (χ2v) is 4.32. The molecule has 20 heavy (non-hydrogen) atoms. The van der Waals surface area contributed by atoms with E-state index in [1.54, 1.807) is 0 Å². The summed E-state index contributed by atoms with van der Waals surface area (Å²) in [5, 5.41) is 1.30. The Hall–Kier alpha value is -1.99. The smallest absolute Gasteiger partial charge is 0.346 e. The molecule has 1 amide bonds. The third kappa shape index (κ3) is 1.70. The summed E-state index contributed by atoms with van der Waals surface area (Å²) in [6.45, 7) is -1.73. The number of benzene rings is 1. The van der Waals surface area contributed by atoms with Crippen molar-refractivity contribution < 1.29 is 31.5 Å². The summed E-state index contributed by atoms with van der Waals surface area (Å²) in [4.78, 5) is 23.1. The molecule has 0 saturated carbocycles. The van der Waals surface area contributed by atoms with Crippen LogP contribution in [0.15, 0.2) is 30.3 Å². The molecule has 8 heteroatoms. The van der Waals surface area contributed by atoms with Gasteiger partial charge in [-0.1, -0.05) is 30.3 Å². The lowest BCUT2D eigenvalue weighted by Gasteiger charge is -2.39. The fraction of sp³-hybridized carbons (Fsp3) is 0.333. The number of halogens is 5. The van der Waals surface area contributed by atoms with Crippen LogP contribution in [0.1, 0.15) is 10.4 Å². The zero-order valence-corrected chi connectivity index (χ0v) is 9.80. The Morgan fingerprint density at radius 1 is 1.05 bits per heavy atom. The van der Waals surface area contributed by atoms with Crippen molar-refractivity contribution in [3.63, 3.8) is 0 Å². The topological polar surface area (TPSA) is 46.2 Å². The summed E-state index contributed by atoms with van der Waals surface area (Å²) in [6, 6.07) is 5.79. The zero-order valence-electron chi connectivity index (χ0n) is 9.80. The van der Waals surface area contributed by atoms with Crippen LogP contribution >= 0.6 is 0 Å². The van der Waals surface area contributed by atoms with Crippen molar-refractivity contribution in [2.75, 3.05) is 6.54 Å². The number of ketones is 1. The second kappa shape index (κ2) is 4.26. The summed E-state index contributed by atoms with van der Waals surface area (Å²) < 4.78 is 67.9. The van der Waals surface area contributed by atoms with Crippen molar-refractivity contribution in [3.8, 4) is 0 Å². The number of piperidine rings is 1. The molecule has 1 aromatic rings. The number of amides is 1. The van der Waals surface area contributed by atoms with E-state index in [1.165, 1.54) is 23.5 Å². The van der Waals surface area contributed by atoms with Gasteiger partial charge in [-0.25, -0.2) is 4.39 Å². The number of hydrogen-bond donors (Lipinski definition) is 1. The molecular formula is C12H8F5NO2. The number of nitrogens with one attached hydrogen (secondary N) is 1. The van der Waals surface area contributed by atoms with Gasteiger partial charge in [0, 0.05) is 5.56 Å². The third-order valence-corrected chi connectivity index (χ3v) is 3.02. The Morgan fingerprint density at radius 2 is 1.60 bits per heavy atom. The molecule has 1 aliphatic rings. The minimum absolute atomic E-state index is 0.595. The van der Waals surface area contributed by atoms with E-state index in [0.717, 1.165) is 12.1 Å². The Balaban J connectivity index is 2.55. The first-order valence-corrected chi connectivity index (χ1v) is 5.47. The normalized spacial score (nSPS) is 27.8. The Bertz CT molecular complexity index is 560. The SMILES string of the molecule is O=C1NCC(F)(F)C(F)(F)C1(F)C(=O)c1ccccc1. The number of carbonyl (C=O) groups is 2. The van der Waals surface area contributed by atoms with Crippen molar-refractivity contribution in [3.05, 3.63) is 35.9 Å². The minimum Gasteiger partial charge on any atom is -0.346 e. The number of alkyl halides is 5. The molecule has 2 rings (SSSR count). The van der Waals surface area contributed by atoms with Crippen molar-refractivity contribution >= 4 is 11.7 Å². The van der Waals surface area contributed by atoms with Crippen molar-refractivity contribution in [1.29, 1.82) is 0 Å². The molecule has 1 atom stereocenters. The van der Waals surface area contributed by atoms with Gasteiger partial charge in [0.05, 0.1) is 6.54 Å². The summed E-state index contributed by atoms with van der Waals surface area (Å²) in [5.41, 5.74) is -5.24. The van der Waals surface area contributed by atoms with E-state index in [2.05, 4.69) is 0 Å². The van der Waals surface area contributed by atoms with E-state index in [1.807, 2.05) is 0 Å². The monoisotopic (exact) mass is 293 g/mol. The molecule has 108 valence electrons. The molecule has 0 bridgehead atoms. The van der Waals surface area contributed by atoms with Gasteiger partial charge in [-0.05, 0) is 0 Å². The van der Waals surface area contributed by atoms with Gasteiger partial charge >= 0.3 is 17.5 Å². The summed E-state index contributed by atoms with van der Waals surface area (Å²) >= 11 is 0. The number of hydrogen-bond acceptors (Lipinski definition) is 2. The van der Waals surface area contributed by atoms with Crippen LogP contribution in [0, 0.1) is 0 Å².